The van der Waals surface area contributed by atoms with E-state index in [0.717, 1.165) is 13.0 Å². The summed E-state index contributed by atoms with van der Waals surface area (Å²) >= 11 is 4.43. The summed E-state index contributed by atoms with van der Waals surface area (Å²) < 4.78 is -0.0264. The van der Waals surface area contributed by atoms with E-state index in [1.54, 1.807) is 0 Å². The Kier molecular flexibility index (Phi) is 3.22. The number of hydrogen-bond donors (Lipinski definition) is 3. The van der Waals surface area contributed by atoms with Crippen molar-refractivity contribution in [1.82, 2.24) is 5.32 Å². The Labute approximate surface area is 85.7 Å². The molecule has 0 saturated carbocycles. The minimum Gasteiger partial charge on any atom is -0.310 e. The predicted octanol–water partition coefficient (Wildman–Crippen LogP) is 1.46. The average Bonchev–Trinajstić information content (AvgIpc) is 2.02. The van der Waals surface area contributed by atoms with Crippen molar-refractivity contribution in [1.29, 1.82) is 0 Å². The molecular weight excluding hydrogens is 180 g/mol. The zero-order valence-electron chi connectivity index (χ0n) is 8.25. The number of thiol groups is 1. The number of hydrogen-bond acceptors (Lipinski definition) is 3. The quantitative estimate of drug-likeness (QED) is 0.474. The summed E-state index contributed by atoms with van der Waals surface area (Å²) in [4.78, 5) is 0. The van der Waals surface area contributed by atoms with E-state index in [2.05, 4.69) is 37.9 Å². The van der Waals surface area contributed by atoms with Crippen LogP contribution in [0, 0.1) is 0 Å². The molecule has 0 aliphatic heterocycles. The van der Waals surface area contributed by atoms with Crippen LogP contribution in [0.2, 0.25) is 0 Å². The maximum atomic E-state index is 6.08. The van der Waals surface area contributed by atoms with Gasteiger partial charge < -0.3 is 5.73 Å². The molecular formula is C10H18N2S. The van der Waals surface area contributed by atoms with Gasteiger partial charge in [0.2, 0.25) is 0 Å². The van der Waals surface area contributed by atoms with Crippen LogP contribution in [-0.4, -0.2) is 17.0 Å². The molecule has 0 radical (unpaired) electrons. The Morgan fingerprint density at radius 3 is 2.69 bits per heavy atom. The smallest absolute Gasteiger partial charge is 0.0892 e. The molecule has 13 heavy (non-hydrogen) atoms. The van der Waals surface area contributed by atoms with E-state index in [4.69, 9.17) is 5.73 Å². The van der Waals surface area contributed by atoms with E-state index in [-0.39, 0.29) is 10.4 Å². The van der Waals surface area contributed by atoms with E-state index in [1.165, 1.54) is 0 Å². The largest absolute Gasteiger partial charge is 0.310 e. The second-order valence-electron chi connectivity index (χ2n) is 4.20. The minimum absolute atomic E-state index is 0.0264. The van der Waals surface area contributed by atoms with Crippen molar-refractivity contribution in [3.63, 3.8) is 0 Å². The number of rotatable bonds is 3. The zero-order chi connectivity index (χ0) is 9.95. The van der Waals surface area contributed by atoms with Gasteiger partial charge in [0, 0.05) is 17.7 Å². The van der Waals surface area contributed by atoms with Gasteiger partial charge in [0.1, 0.15) is 0 Å². The van der Waals surface area contributed by atoms with Gasteiger partial charge in [-0.2, -0.15) is 12.6 Å². The summed E-state index contributed by atoms with van der Waals surface area (Å²) in [6.07, 6.45) is 8.89. The maximum absolute atomic E-state index is 6.08. The summed E-state index contributed by atoms with van der Waals surface area (Å²) in [6, 6.07) is 0. The molecule has 1 aliphatic carbocycles. The molecule has 1 aliphatic rings. The van der Waals surface area contributed by atoms with Crippen LogP contribution >= 0.6 is 12.6 Å². The molecule has 0 heterocycles. The summed E-state index contributed by atoms with van der Waals surface area (Å²) in [5.74, 6) is 0. The molecule has 3 heteroatoms. The Morgan fingerprint density at radius 2 is 2.23 bits per heavy atom. The lowest BCUT2D eigenvalue weighted by Crippen LogP contribution is -2.54. The van der Waals surface area contributed by atoms with Gasteiger partial charge >= 0.3 is 0 Å². The first-order valence-corrected chi connectivity index (χ1v) is 4.97. The standard InChI is InChI=1S/C10H18N2S/c1-9(2,13)8-12-10(11)6-4-3-5-7-10/h3-6,12-13H,7-8,11H2,1-2H3. The Morgan fingerprint density at radius 1 is 1.54 bits per heavy atom. The molecule has 0 aromatic rings. The third-order valence-corrected chi connectivity index (χ3v) is 2.10. The second kappa shape index (κ2) is 3.86. The lowest BCUT2D eigenvalue weighted by Gasteiger charge is -2.31. The summed E-state index contributed by atoms with van der Waals surface area (Å²) in [5.41, 5.74) is 5.70. The molecule has 74 valence electrons. The molecule has 0 aromatic heterocycles. The van der Waals surface area contributed by atoms with E-state index in [9.17, 15) is 0 Å². The fraction of sp³-hybridized carbons (Fsp3) is 0.600. The normalized spacial score (nSPS) is 28.0. The van der Waals surface area contributed by atoms with Gasteiger partial charge in [0.05, 0.1) is 5.66 Å². The van der Waals surface area contributed by atoms with Gasteiger partial charge in [0.25, 0.3) is 0 Å². The third-order valence-electron chi connectivity index (χ3n) is 1.95. The third kappa shape index (κ3) is 3.98. The molecule has 0 aromatic carbocycles. The molecule has 0 bridgehead atoms. The van der Waals surface area contributed by atoms with Crippen molar-refractivity contribution in [2.45, 2.75) is 30.7 Å². The van der Waals surface area contributed by atoms with Crippen molar-refractivity contribution >= 4 is 12.6 Å². The van der Waals surface area contributed by atoms with Gasteiger partial charge in [-0.15, -0.1) is 0 Å². The fourth-order valence-corrected chi connectivity index (χ4v) is 1.23. The second-order valence-corrected chi connectivity index (χ2v) is 5.41. The zero-order valence-corrected chi connectivity index (χ0v) is 9.14. The lowest BCUT2D eigenvalue weighted by molar-refractivity contribution is 0.398. The van der Waals surface area contributed by atoms with Gasteiger partial charge in [-0.25, -0.2) is 0 Å². The van der Waals surface area contributed by atoms with Crippen LogP contribution in [0.15, 0.2) is 24.3 Å². The van der Waals surface area contributed by atoms with Gasteiger partial charge in [-0.05, 0) is 13.8 Å². The molecule has 0 amide bonds. The SMILES string of the molecule is CC(C)(S)CNC1(N)C=CC=CC1. The van der Waals surface area contributed by atoms with Gasteiger partial charge in [0.15, 0.2) is 0 Å². The molecule has 1 atom stereocenters. The fourth-order valence-electron chi connectivity index (χ4n) is 1.15. The highest BCUT2D eigenvalue weighted by atomic mass is 32.1. The van der Waals surface area contributed by atoms with E-state index in [1.807, 2.05) is 18.2 Å². The van der Waals surface area contributed by atoms with Crippen molar-refractivity contribution in [3.05, 3.63) is 24.3 Å². The first kappa shape index (κ1) is 10.8. The number of nitrogens with two attached hydrogens (primary N) is 1. The number of allylic oxidation sites excluding steroid dienone is 2. The van der Waals surface area contributed by atoms with Crippen molar-refractivity contribution < 1.29 is 0 Å². The summed E-state index contributed by atoms with van der Waals surface area (Å²) in [6.45, 7) is 4.93. The number of nitrogens with one attached hydrogen (secondary N) is 1. The molecule has 0 fully saturated rings. The van der Waals surface area contributed by atoms with Gasteiger partial charge in [-0.1, -0.05) is 24.3 Å². The van der Waals surface area contributed by atoms with E-state index >= 15 is 0 Å². The first-order chi connectivity index (χ1) is 5.91. The van der Waals surface area contributed by atoms with Crippen molar-refractivity contribution in [2.24, 2.45) is 5.73 Å². The Balaban J connectivity index is 2.44. The highest BCUT2D eigenvalue weighted by Gasteiger charge is 2.23. The minimum atomic E-state index is -0.380. The van der Waals surface area contributed by atoms with Crippen LogP contribution in [0.3, 0.4) is 0 Å². The monoisotopic (exact) mass is 198 g/mol. The highest BCUT2D eigenvalue weighted by Crippen LogP contribution is 2.15. The van der Waals surface area contributed by atoms with Crippen LogP contribution in [0.5, 0.6) is 0 Å². The molecule has 3 N–H and O–H groups in total. The molecule has 0 saturated heterocycles. The molecule has 1 unspecified atom stereocenters. The maximum Gasteiger partial charge on any atom is 0.0892 e. The first-order valence-electron chi connectivity index (χ1n) is 4.52. The van der Waals surface area contributed by atoms with E-state index < -0.39 is 0 Å². The van der Waals surface area contributed by atoms with Gasteiger partial charge in [-0.3, -0.25) is 5.32 Å². The Hall–Kier alpha value is -0.250. The van der Waals surface area contributed by atoms with Crippen LogP contribution < -0.4 is 11.1 Å². The molecule has 1 rings (SSSR count). The van der Waals surface area contributed by atoms with Crippen molar-refractivity contribution in [2.75, 3.05) is 6.54 Å². The summed E-state index contributed by atoms with van der Waals surface area (Å²) in [5, 5.41) is 3.30. The van der Waals surface area contributed by atoms with Crippen LogP contribution in [0.4, 0.5) is 0 Å². The molecule has 0 spiro atoms. The van der Waals surface area contributed by atoms with E-state index in [0.29, 0.717) is 0 Å². The summed E-state index contributed by atoms with van der Waals surface area (Å²) in [7, 11) is 0. The van der Waals surface area contributed by atoms with Crippen LogP contribution in [-0.2, 0) is 0 Å². The van der Waals surface area contributed by atoms with Crippen LogP contribution in [0.1, 0.15) is 20.3 Å². The topological polar surface area (TPSA) is 38.0 Å². The molecule has 2 nitrogen and oxygen atoms in total. The predicted molar refractivity (Wildman–Crippen MR) is 60.9 cm³/mol. The van der Waals surface area contributed by atoms with Crippen molar-refractivity contribution in [3.8, 4) is 0 Å². The Bertz CT molecular complexity index is 228. The van der Waals surface area contributed by atoms with Crippen LogP contribution in [0.25, 0.3) is 0 Å². The average molecular weight is 198 g/mol. The lowest BCUT2D eigenvalue weighted by atomic mass is 10.0. The highest BCUT2D eigenvalue weighted by molar-refractivity contribution is 7.81.